The average molecular weight is 309 g/mol. The Morgan fingerprint density at radius 2 is 1.90 bits per heavy atom. The number of hydrogen-bond donors (Lipinski definition) is 0. The lowest BCUT2D eigenvalue weighted by molar-refractivity contribution is 0.102. The number of nitrogens with zero attached hydrogens (tertiary/aromatic N) is 1. The molecule has 1 aromatic rings. The molecule has 0 spiro atoms. The van der Waals surface area contributed by atoms with Gasteiger partial charge in [-0.15, -0.1) is 0 Å². The van der Waals surface area contributed by atoms with E-state index in [1.54, 1.807) is 31.4 Å². The highest BCUT2D eigenvalue weighted by atomic mass is 32.2. The molecule has 5 heteroatoms. The van der Waals surface area contributed by atoms with Crippen LogP contribution in [-0.2, 0) is 0 Å². The molecule has 1 heterocycles. The van der Waals surface area contributed by atoms with Crippen molar-refractivity contribution in [2.75, 3.05) is 26.0 Å². The number of rotatable bonds is 4. The van der Waals surface area contributed by atoms with Crippen molar-refractivity contribution in [1.29, 1.82) is 0 Å². The van der Waals surface area contributed by atoms with Gasteiger partial charge in [-0.3, -0.25) is 4.79 Å². The van der Waals surface area contributed by atoms with Crippen molar-refractivity contribution in [3.05, 3.63) is 29.8 Å². The average Bonchev–Trinajstić information content (AvgIpc) is 2.53. The molecule has 3 nitrogen and oxygen atoms in total. The normalized spacial score (nSPS) is 14.9. The summed E-state index contributed by atoms with van der Waals surface area (Å²) in [6.07, 6.45) is 3.69. The number of ether oxygens (including phenoxy) is 1. The predicted molar refractivity (Wildman–Crippen MR) is 87.8 cm³/mol. The van der Waals surface area contributed by atoms with Crippen molar-refractivity contribution in [1.82, 2.24) is 4.90 Å². The van der Waals surface area contributed by atoms with Gasteiger partial charge in [0.1, 0.15) is 10.1 Å². The lowest BCUT2D eigenvalue weighted by Crippen LogP contribution is -2.33. The first-order valence-corrected chi connectivity index (χ1v) is 8.19. The Bertz CT molecular complexity index is 467. The lowest BCUT2D eigenvalue weighted by Gasteiger charge is -2.28. The summed E-state index contributed by atoms with van der Waals surface area (Å²) < 4.78 is 5.94. The van der Waals surface area contributed by atoms with E-state index in [4.69, 9.17) is 17.0 Å². The number of carbonyl (C=O) groups excluding carboxylic acids is 1. The van der Waals surface area contributed by atoms with E-state index in [0.717, 1.165) is 23.2 Å². The molecule has 20 heavy (non-hydrogen) atoms. The van der Waals surface area contributed by atoms with Crippen molar-refractivity contribution in [3.63, 3.8) is 0 Å². The van der Waals surface area contributed by atoms with Gasteiger partial charge in [-0.1, -0.05) is 24.0 Å². The van der Waals surface area contributed by atoms with Gasteiger partial charge in [-0.05, 0) is 43.5 Å². The van der Waals surface area contributed by atoms with Crippen LogP contribution in [0, 0.1) is 0 Å². The van der Waals surface area contributed by atoms with Crippen LogP contribution in [0.2, 0.25) is 0 Å². The highest BCUT2D eigenvalue weighted by Gasteiger charge is 2.15. The van der Waals surface area contributed by atoms with E-state index >= 15 is 0 Å². The summed E-state index contributed by atoms with van der Waals surface area (Å²) in [6, 6.07) is 7.21. The molecule has 0 unspecified atom stereocenters. The minimum absolute atomic E-state index is 0.108. The molecule has 0 amide bonds. The van der Waals surface area contributed by atoms with E-state index < -0.39 is 0 Å². The van der Waals surface area contributed by atoms with Gasteiger partial charge in [0.15, 0.2) is 5.78 Å². The molecule has 0 bridgehead atoms. The van der Waals surface area contributed by atoms with Crippen LogP contribution < -0.4 is 4.74 Å². The largest absolute Gasteiger partial charge is 0.497 e. The molecule has 1 fully saturated rings. The van der Waals surface area contributed by atoms with Gasteiger partial charge >= 0.3 is 0 Å². The zero-order valence-electron chi connectivity index (χ0n) is 11.6. The van der Waals surface area contributed by atoms with Gasteiger partial charge in [-0.25, -0.2) is 0 Å². The van der Waals surface area contributed by atoms with E-state index in [1.807, 2.05) is 0 Å². The molecule has 0 atom stereocenters. The molecule has 0 N–H and O–H groups in total. The second-order valence-electron chi connectivity index (χ2n) is 4.75. The molecular formula is C15H19NO2S2. The van der Waals surface area contributed by atoms with Crippen LogP contribution in [0.25, 0.3) is 0 Å². The number of piperidine rings is 1. The first-order chi connectivity index (χ1) is 9.70. The maximum absolute atomic E-state index is 12.1. The highest BCUT2D eigenvalue weighted by Crippen LogP contribution is 2.18. The van der Waals surface area contributed by atoms with Gasteiger partial charge in [0.25, 0.3) is 0 Å². The smallest absolute Gasteiger partial charge is 0.173 e. The quantitative estimate of drug-likeness (QED) is 0.628. The molecule has 1 saturated heterocycles. The van der Waals surface area contributed by atoms with E-state index in [-0.39, 0.29) is 5.78 Å². The Hall–Kier alpha value is -1.07. The van der Waals surface area contributed by atoms with Crippen LogP contribution in [0.3, 0.4) is 0 Å². The number of likely N-dealkylation sites (tertiary alicyclic amines) is 1. The van der Waals surface area contributed by atoms with Gasteiger partial charge in [-0.2, -0.15) is 0 Å². The zero-order valence-corrected chi connectivity index (χ0v) is 13.3. The lowest BCUT2D eigenvalue weighted by atomic mass is 10.1. The number of thioether (sulfide) groups is 1. The summed E-state index contributed by atoms with van der Waals surface area (Å²) in [6.45, 7) is 2.06. The van der Waals surface area contributed by atoms with Crippen LogP contribution in [0.1, 0.15) is 29.6 Å². The van der Waals surface area contributed by atoms with E-state index in [0.29, 0.717) is 11.3 Å². The minimum Gasteiger partial charge on any atom is -0.497 e. The standard InChI is InChI=1S/C15H19NO2S2/c1-18-13-7-5-12(6-8-13)14(17)11-20-15(19)16-9-3-2-4-10-16/h5-8H,2-4,9-11H2,1H3. The predicted octanol–water partition coefficient (Wildman–Crippen LogP) is 3.38. The highest BCUT2D eigenvalue weighted by molar-refractivity contribution is 8.23. The maximum Gasteiger partial charge on any atom is 0.173 e. The molecule has 0 aromatic heterocycles. The van der Waals surface area contributed by atoms with Crippen LogP contribution >= 0.6 is 24.0 Å². The van der Waals surface area contributed by atoms with E-state index in [9.17, 15) is 4.79 Å². The number of thiocarbonyl (C=S) groups is 1. The fourth-order valence-corrected chi connectivity index (χ4v) is 3.30. The Kier molecular flexibility index (Phi) is 5.86. The number of methoxy groups -OCH3 is 1. The fourth-order valence-electron chi connectivity index (χ4n) is 2.16. The van der Waals surface area contributed by atoms with E-state index in [2.05, 4.69) is 4.90 Å². The molecule has 1 aliphatic rings. The minimum atomic E-state index is 0.108. The Morgan fingerprint density at radius 3 is 2.50 bits per heavy atom. The Balaban J connectivity index is 1.83. The van der Waals surface area contributed by atoms with Gasteiger partial charge in [0.05, 0.1) is 12.9 Å². The van der Waals surface area contributed by atoms with Crippen molar-refractivity contribution >= 4 is 34.1 Å². The zero-order chi connectivity index (χ0) is 14.4. The van der Waals surface area contributed by atoms with Crippen LogP contribution in [-0.4, -0.2) is 41.0 Å². The molecule has 108 valence electrons. The van der Waals surface area contributed by atoms with Crippen molar-refractivity contribution in [3.8, 4) is 5.75 Å². The van der Waals surface area contributed by atoms with Gasteiger partial charge in [0.2, 0.25) is 0 Å². The van der Waals surface area contributed by atoms with Gasteiger partial charge in [0, 0.05) is 18.7 Å². The third-order valence-corrected chi connectivity index (χ3v) is 4.88. The topological polar surface area (TPSA) is 29.5 Å². The summed E-state index contributed by atoms with van der Waals surface area (Å²) in [5, 5.41) is 0. The Morgan fingerprint density at radius 1 is 1.25 bits per heavy atom. The fraction of sp³-hybridized carbons (Fsp3) is 0.467. The summed E-state index contributed by atoms with van der Waals surface area (Å²) in [5.74, 6) is 1.27. The SMILES string of the molecule is COc1ccc(C(=O)CSC(=S)N2CCCCC2)cc1. The maximum atomic E-state index is 12.1. The molecule has 0 radical (unpaired) electrons. The first kappa shape index (κ1) is 15.3. The third-order valence-electron chi connectivity index (χ3n) is 3.35. The first-order valence-electron chi connectivity index (χ1n) is 6.79. The number of carbonyl (C=O) groups is 1. The number of hydrogen-bond acceptors (Lipinski definition) is 4. The summed E-state index contributed by atoms with van der Waals surface area (Å²) in [5.41, 5.74) is 0.708. The number of Topliss-reactive ketones (excluding diaryl/α,β-unsaturated/α-hetero) is 1. The molecule has 0 aliphatic carbocycles. The summed E-state index contributed by atoms with van der Waals surface area (Å²) >= 11 is 6.87. The molecule has 1 aromatic carbocycles. The second kappa shape index (κ2) is 7.64. The van der Waals surface area contributed by atoms with Crippen LogP contribution in [0.4, 0.5) is 0 Å². The van der Waals surface area contributed by atoms with Crippen LogP contribution in [0.15, 0.2) is 24.3 Å². The van der Waals surface area contributed by atoms with Crippen LogP contribution in [0.5, 0.6) is 5.75 Å². The number of ketones is 1. The third kappa shape index (κ3) is 4.21. The van der Waals surface area contributed by atoms with Crippen molar-refractivity contribution < 1.29 is 9.53 Å². The summed E-state index contributed by atoms with van der Waals surface area (Å²) in [4.78, 5) is 14.3. The van der Waals surface area contributed by atoms with Crippen molar-refractivity contribution in [2.45, 2.75) is 19.3 Å². The van der Waals surface area contributed by atoms with Gasteiger partial charge < -0.3 is 9.64 Å². The Labute approximate surface area is 129 Å². The second-order valence-corrected chi connectivity index (χ2v) is 6.36. The molecule has 1 aliphatic heterocycles. The van der Waals surface area contributed by atoms with Crippen molar-refractivity contribution in [2.24, 2.45) is 0 Å². The monoisotopic (exact) mass is 309 g/mol. The number of benzene rings is 1. The molecular weight excluding hydrogens is 290 g/mol. The molecule has 0 saturated carbocycles. The summed E-state index contributed by atoms with van der Waals surface area (Å²) in [7, 11) is 1.61. The van der Waals surface area contributed by atoms with E-state index in [1.165, 1.54) is 31.0 Å². The molecule has 2 rings (SSSR count).